The molecule has 2 N–H and O–H groups in total. The summed E-state index contributed by atoms with van der Waals surface area (Å²) in [6, 6.07) is 0. The van der Waals surface area contributed by atoms with E-state index < -0.39 is 11.9 Å². The predicted octanol–water partition coefficient (Wildman–Crippen LogP) is 26.1. The minimum atomic E-state index is -0.647. The molecule has 0 saturated heterocycles. The number of carboxylic acid groups (broad SMARTS) is 2. The van der Waals surface area contributed by atoms with Crippen molar-refractivity contribution in [2.24, 2.45) is 0 Å². The van der Waals surface area contributed by atoms with E-state index in [1.165, 1.54) is 405 Å². The summed E-state index contributed by atoms with van der Waals surface area (Å²) in [5.74, 6) is -1.29. The summed E-state index contributed by atoms with van der Waals surface area (Å²) in [6.45, 7) is 0. The second-order valence-corrected chi connectivity index (χ2v) is 25.0. The van der Waals surface area contributed by atoms with Gasteiger partial charge in [-0.25, -0.2) is 0 Å². The lowest BCUT2D eigenvalue weighted by Crippen LogP contribution is -1.93. The van der Waals surface area contributed by atoms with Gasteiger partial charge in [-0.15, -0.1) is 0 Å². The van der Waals surface area contributed by atoms with Crippen molar-refractivity contribution in [3.63, 3.8) is 0 Å². The Balaban J connectivity index is 3.08. The Morgan fingerprint density at radius 1 is 0.120 bits per heavy atom. The molecule has 0 rings (SSSR count). The van der Waals surface area contributed by atoms with Gasteiger partial charge in [0.05, 0.1) is 0 Å². The van der Waals surface area contributed by atoms with E-state index in [0.717, 1.165) is 25.7 Å². The molecule has 0 unspecified atom stereocenters. The minimum Gasteiger partial charge on any atom is -0.481 e. The fraction of sp³-hybridized carbons (Fsp3) is 0.972. The Morgan fingerprint density at radius 3 is 0.227 bits per heavy atom. The maximum atomic E-state index is 10.5. The van der Waals surface area contributed by atoms with Gasteiger partial charge in [-0.3, -0.25) is 9.59 Å². The maximum absolute atomic E-state index is 10.5. The summed E-state index contributed by atoms with van der Waals surface area (Å²) in [4.78, 5) is 21.1. The fourth-order valence-corrected chi connectivity index (χ4v) is 12.0. The lowest BCUT2D eigenvalue weighted by molar-refractivity contribution is -0.138. The van der Waals surface area contributed by atoms with Crippen molar-refractivity contribution in [1.82, 2.24) is 0 Å². The molecule has 0 aromatic heterocycles. The number of rotatable bonds is 70. The van der Waals surface area contributed by atoms with Gasteiger partial charge in [0.2, 0.25) is 0 Å². The van der Waals surface area contributed by atoms with E-state index in [-0.39, 0.29) is 0 Å². The molecule has 0 heterocycles. The van der Waals surface area contributed by atoms with Crippen LogP contribution in [0.3, 0.4) is 0 Å². The van der Waals surface area contributed by atoms with E-state index in [0.29, 0.717) is 12.8 Å². The van der Waals surface area contributed by atoms with E-state index in [2.05, 4.69) is 0 Å². The molecule has 0 aliphatic rings. The molecule has 0 saturated carbocycles. The summed E-state index contributed by atoms with van der Waals surface area (Å²) >= 11 is 0. The largest absolute Gasteiger partial charge is 0.481 e. The molecule has 0 amide bonds. The highest BCUT2D eigenvalue weighted by Crippen LogP contribution is 2.21. The van der Waals surface area contributed by atoms with Crippen LogP contribution in [0.15, 0.2) is 0 Å². The normalized spacial score (nSPS) is 11.6. The van der Waals surface area contributed by atoms with Gasteiger partial charge in [-0.1, -0.05) is 417 Å². The first-order valence-electron chi connectivity index (χ1n) is 35.6. The highest BCUT2D eigenvalue weighted by Gasteiger charge is 2.02. The molecule has 0 aromatic rings. The van der Waals surface area contributed by atoms with Crippen LogP contribution in [0.4, 0.5) is 0 Å². The number of hydrogen-bond donors (Lipinski definition) is 2. The maximum Gasteiger partial charge on any atom is 0.303 e. The number of carbonyl (C=O) groups is 2. The second-order valence-electron chi connectivity index (χ2n) is 25.0. The quantitative estimate of drug-likeness (QED) is 0.0595. The van der Waals surface area contributed by atoms with Gasteiger partial charge in [-0.2, -0.15) is 0 Å². The second kappa shape index (κ2) is 69.0. The van der Waals surface area contributed by atoms with Crippen LogP contribution in [0.2, 0.25) is 0 Å². The first-order valence-corrected chi connectivity index (χ1v) is 35.6. The molecule has 75 heavy (non-hydrogen) atoms. The molecular formula is C71H140O4. The summed E-state index contributed by atoms with van der Waals surface area (Å²) in [5.41, 5.74) is 0. The third kappa shape index (κ3) is 72.9. The Bertz CT molecular complexity index is 962. The number of unbranched alkanes of at least 4 members (excludes halogenated alkanes) is 66. The van der Waals surface area contributed by atoms with Crippen LogP contribution in [0, 0.1) is 0 Å². The van der Waals surface area contributed by atoms with E-state index in [9.17, 15) is 9.59 Å². The summed E-state index contributed by atoms with van der Waals surface area (Å²) in [5, 5.41) is 17.4. The first-order chi connectivity index (χ1) is 37.1. The van der Waals surface area contributed by atoms with Gasteiger partial charge in [0.15, 0.2) is 0 Å². The topological polar surface area (TPSA) is 74.6 Å². The average molecular weight is 1060 g/mol. The molecule has 4 heteroatoms. The van der Waals surface area contributed by atoms with Crippen molar-refractivity contribution in [1.29, 1.82) is 0 Å². The zero-order valence-electron chi connectivity index (χ0n) is 51.5. The molecule has 0 aliphatic heterocycles. The van der Waals surface area contributed by atoms with Crippen LogP contribution in [-0.2, 0) is 9.59 Å². The van der Waals surface area contributed by atoms with E-state index in [4.69, 9.17) is 10.2 Å². The monoisotopic (exact) mass is 1060 g/mol. The van der Waals surface area contributed by atoms with Crippen molar-refractivity contribution in [2.45, 2.75) is 443 Å². The molecule has 0 bridgehead atoms. The van der Waals surface area contributed by atoms with Crippen LogP contribution in [0.25, 0.3) is 0 Å². The van der Waals surface area contributed by atoms with Gasteiger partial charge in [0, 0.05) is 12.8 Å². The first kappa shape index (κ1) is 73.9. The zero-order chi connectivity index (χ0) is 53.9. The van der Waals surface area contributed by atoms with Gasteiger partial charge in [0.25, 0.3) is 0 Å². The molecule has 0 aliphatic carbocycles. The standard InChI is InChI=1S/C71H140O4/c72-70(73)68-66-64-62-60-58-56-54-52-50-48-46-44-42-40-38-36-34-32-30-28-26-24-22-20-18-16-14-12-10-8-6-4-2-1-3-5-7-9-11-13-15-17-19-21-23-25-27-29-31-33-35-37-39-41-43-45-47-49-51-53-55-57-59-61-63-65-67-69-71(74)75/h1-69H2,(H,72,73)(H,74,75). The summed E-state index contributed by atoms with van der Waals surface area (Å²) in [6.07, 6.45) is 95.7. The van der Waals surface area contributed by atoms with Crippen molar-refractivity contribution < 1.29 is 19.8 Å². The summed E-state index contributed by atoms with van der Waals surface area (Å²) in [7, 11) is 0. The lowest BCUT2D eigenvalue weighted by atomic mass is 10.0. The summed E-state index contributed by atoms with van der Waals surface area (Å²) < 4.78 is 0. The third-order valence-corrected chi connectivity index (χ3v) is 17.3. The number of aliphatic carboxylic acids is 2. The smallest absolute Gasteiger partial charge is 0.303 e. The Hall–Kier alpha value is -1.06. The molecule has 0 aromatic carbocycles. The van der Waals surface area contributed by atoms with E-state index in [1.54, 1.807) is 0 Å². The SMILES string of the molecule is O=C(O)CCCCCCCCCCCCCCCCCCCCCCCCCCCCCCCCCCCCCCCCCCCCCCCCCCCCCCCCCCCCCCCCCCCCCC(=O)O. The third-order valence-electron chi connectivity index (χ3n) is 17.3. The van der Waals surface area contributed by atoms with Gasteiger partial charge in [0.1, 0.15) is 0 Å². The molecule has 0 spiro atoms. The van der Waals surface area contributed by atoms with Crippen LogP contribution < -0.4 is 0 Å². The fourth-order valence-electron chi connectivity index (χ4n) is 12.0. The van der Waals surface area contributed by atoms with Crippen molar-refractivity contribution >= 4 is 11.9 Å². The number of hydrogen-bond acceptors (Lipinski definition) is 2. The van der Waals surface area contributed by atoms with Crippen molar-refractivity contribution in [3.05, 3.63) is 0 Å². The van der Waals surface area contributed by atoms with Gasteiger partial charge < -0.3 is 10.2 Å². The predicted molar refractivity (Wildman–Crippen MR) is 334 cm³/mol. The van der Waals surface area contributed by atoms with Crippen molar-refractivity contribution in [2.75, 3.05) is 0 Å². The highest BCUT2D eigenvalue weighted by atomic mass is 16.4. The van der Waals surface area contributed by atoms with Crippen LogP contribution in [-0.4, -0.2) is 22.2 Å². The van der Waals surface area contributed by atoms with Crippen LogP contribution in [0.1, 0.15) is 443 Å². The van der Waals surface area contributed by atoms with Gasteiger partial charge >= 0.3 is 11.9 Å². The van der Waals surface area contributed by atoms with Crippen LogP contribution in [0.5, 0.6) is 0 Å². The van der Waals surface area contributed by atoms with E-state index in [1.807, 2.05) is 0 Å². The Labute approximate surface area is 472 Å². The molecule has 0 fully saturated rings. The zero-order valence-corrected chi connectivity index (χ0v) is 51.5. The molecular weight excluding hydrogens is 917 g/mol. The lowest BCUT2D eigenvalue weighted by Gasteiger charge is -2.05. The molecule has 0 radical (unpaired) electrons. The molecule has 448 valence electrons. The van der Waals surface area contributed by atoms with Crippen molar-refractivity contribution in [3.8, 4) is 0 Å². The van der Waals surface area contributed by atoms with E-state index >= 15 is 0 Å². The highest BCUT2D eigenvalue weighted by molar-refractivity contribution is 5.66. The molecule has 4 nitrogen and oxygen atoms in total. The minimum absolute atomic E-state index is 0.345. The Morgan fingerprint density at radius 2 is 0.173 bits per heavy atom. The number of carboxylic acids is 2. The van der Waals surface area contributed by atoms with Gasteiger partial charge in [-0.05, 0) is 12.8 Å². The molecule has 0 atom stereocenters. The Kier molecular flexibility index (Phi) is 68.1. The van der Waals surface area contributed by atoms with Crippen LogP contribution >= 0.6 is 0 Å². The average Bonchev–Trinajstić information content (AvgIpc) is 3.40.